The number of hydrogen-bond acceptors (Lipinski definition) is 3. The van der Waals surface area contributed by atoms with Crippen LogP contribution >= 0.6 is 22.9 Å². The normalized spacial score (nSPS) is 32.1. The third-order valence-corrected chi connectivity index (χ3v) is 14.7. The lowest BCUT2D eigenvalue weighted by atomic mass is 11.4. The largest absolute Gasteiger partial charge is 0.422 e. The second-order valence-electron chi connectivity index (χ2n) is 7.10. The Morgan fingerprint density at radius 1 is 0.857 bits per heavy atom. The molecule has 0 amide bonds. The third-order valence-electron chi connectivity index (χ3n) is 1.98. The van der Waals surface area contributed by atoms with E-state index in [9.17, 15) is 16.8 Å². The standard InChI is InChI=1S/C9H20F4N3P3Si2/c1-20(2,3)8-7-17(10)14-18(11,9-21(4,5)6)16-19(12,13)15-17/h9H2,1-6H3. The molecular formula is C9H20F4N3P3Si2. The van der Waals surface area contributed by atoms with Crippen molar-refractivity contribution in [1.29, 1.82) is 0 Å². The van der Waals surface area contributed by atoms with Gasteiger partial charge in [-0.15, -0.1) is 18.5 Å². The quantitative estimate of drug-likeness (QED) is 0.200. The van der Waals surface area contributed by atoms with Crippen molar-refractivity contribution >= 4 is 39.0 Å². The van der Waals surface area contributed by atoms with Crippen LogP contribution in [0.5, 0.6) is 0 Å². The molecule has 0 N–H and O–H groups in total. The molecule has 1 aliphatic rings. The molecule has 3 nitrogen and oxygen atoms in total. The molecule has 1 rings (SSSR count). The molecule has 0 spiro atoms. The van der Waals surface area contributed by atoms with Crippen molar-refractivity contribution in [1.82, 2.24) is 0 Å². The first-order valence-electron chi connectivity index (χ1n) is 6.27. The molecule has 2 atom stereocenters. The van der Waals surface area contributed by atoms with Gasteiger partial charge < -0.3 is 0 Å². The van der Waals surface area contributed by atoms with Crippen LogP contribution < -0.4 is 0 Å². The molecule has 0 aromatic heterocycles. The van der Waals surface area contributed by atoms with Gasteiger partial charge in [-0.05, 0) is 5.66 Å². The lowest BCUT2D eigenvalue weighted by Crippen LogP contribution is -2.25. The molecule has 0 saturated heterocycles. The molecule has 0 aromatic rings. The highest BCUT2D eigenvalue weighted by molar-refractivity contribution is 7.83. The Bertz CT molecular complexity index is 660. The van der Waals surface area contributed by atoms with Crippen LogP contribution in [0.3, 0.4) is 0 Å². The van der Waals surface area contributed by atoms with Gasteiger partial charge in [0.1, 0.15) is 8.07 Å². The highest BCUT2D eigenvalue weighted by Crippen LogP contribution is 2.81. The summed E-state index contributed by atoms with van der Waals surface area (Å²) in [7, 11) is -18.0. The molecule has 0 bridgehead atoms. The van der Waals surface area contributed by atoms with E-state index >= 15 is 0 Å². The summed E-state index contributed by atoms with van der Waals surface area (Å²) in [5, 5.41) is 0. The van der Waals surface area contributed by atoms with Gasteiger partial charge in [0, 0.05) is 5.79 Å². The van der Waals surface area contributed by atoms with Crippen molar-refractivity contribution in [3.63, 3.8) is 0 Å². The maximum atomic E-state index is 14.7. The molecule has 2 unspecified atom stereocenters. The third kappa shape index (κ3) is 7.01. The molecule has 0 radical (unpaired) electrons. The molecular weight excluding hydrogens is 375 g/mol. The second-order valence-corrected chi connectivity index (χ2v) is 23.9. The van der Waals surface area contributed by atoms with E-state index in [2.05, 4.69) is 24.8 Å². The fourth-order valence-corrected chi connectivity index (χ4v) is 15.5. The highest BCUT2D eigenvalue weighted by atomic mass is 31.3. The fourth-order valence-electron chi connectivity index (χ4n) is 1.49. The molecule has 0 aliphatic carbocycles. The van der Waals surface area contributed by atoms with Gasteiger partial charge in [0.05, 0.1) is 8.07 Å². The van der Waals surface area contributed by atoms with Crippen molar-refractivity contribution < 1.29 is 16.8 Å². The summed E-state index contributed by atoms with van der Waals surface area (Å²) in [6.45, 7) is 11.0. The summed E-state index contributed by atoms with van der Waals surface area (Å²) in [6.07, 6.45) is 0. The Hall–Kier alpha value is 0.404. The number of hydrogen-bond donors (Lipinski definition) is 0. The molecule has 122 valence electrons. The van der Waals surface area contributed by atoms with Gasteiger partial charge in [-0.2, -0.15) is 17.4 Å². The topological polar surface area (TPSA) is 37.1 Å². The molecule has 12 heteroatoms. The summed E-state index contributed by atoms with van der Waals surface area (Å²) in [4.78, 5) is 0. The van der Waals surface area contributed by atoms with Crippen molar-refractivity contribution in [2.45, 2.75) is 39.3 Å². The van der Waals surface area contributed by atoms with E-state index < -0.39 is 39.0 Å². The van der Waals surface area contributed by atoms with Crippen molar-refractivity contribution in [3.05, 3.63) is 0 Å². The monoisotopic (exact) mass is 395 g/mol. The van der Waals surface area contributed by atoms with E-state index in [1.165, 1.54) is 0 Å². The zero-order valence-corrected chi connectivity index (χ0v) is 17.6. The van der Waals surface area contributed by atoms with Gasteiger partial charge in [0.2, 0.25) is 7.52 Å². The van der Waals surface area contributed by atoms with Gasteiger partial charge in [-0.3, -0.25) is 0 Å². The zero-order valence-electron chi connectivity index (χ0n) is 12.9. The Kier molecular flexibility index (Phi) is 5.37. The van der Waals surface area contributed by atoms with Gasteiger partial charge in [0.15, 0.2) is 0 Å². The van der Waals surface area contributed by atoms with Crippen LogP contribution in [0.4, 0.5) is 16.8 Å². The van der Waals surface area contributed by atoms with Gasteiger partial charge in [-0.1, -0.05) is 39.3 Å². The van der Waals surface area contributed by atoms with Crippen LogP contribution in [0, 0.1) is 11.2 Å². The predicted octanol–water partition coefficient (Wildman–Crippen LogP) is 7.60. The minimum absolute atomic E-state index is 0.175. The SMILES string of the molecule is C[Si](C)(C)C#CP1(F)=NP(F)(C[Si](C)(C)C)=NP(F)(F)=N1. The maximum Gasteiger partial charge on any atom is 0.422 e. The summed E-state index contributed by atoms with van der Waals surface area (Å²) >= 11 is 0. The average molecular weight is 395 g/mol. The first kappa shape index (κ1) is 19.5. The van der Waals surface area contributed by atoms with E-state index in [1.807, 2.05) is 39.3 Å². The van der Waals surface area contributed by atoms with Crippen LogP contribution in [-0.2, 0) is 0 Å². The predicted molar refractivity (Wildman–Crippen MR) is 91.8 cm³/mol. The second kappa shape index (κ2) is 5.80. The Morgan fingerprint density at radius 2 is 1.38 bits per heavy atom. The number of rotatable bonds is 2. The van der Waals surface area contributed by atoms with E-state index in [0.717, 1.165) is 0 Å². The Labute approximate surface area is 126 Å². The Balaban J connectivity index is 3.48. The smallest absolute Gasteiger partial charge is 0.183 e. The maximum absolute atomic E-state index is 14.7. The Morgan fingerprint density at radius 3 is 1.81 bits per heavy atom. The van der Waals surface area contributed by atoms with Gasteiger partial charge in [-0.25, -0.2) is 0 Å². The molecule has 0 saturated carbocycles. The lowest BCUT2D eigenvalue weighted by molar-refractivity contribution is 0.722. The number of nitrogens with zero attached hydrogens (tertiary/aromatic N) is 3. The van der Waals surface area contributed by atoms with E-state index in [0.29, 0.717) is 0 Å². The van der Waals surface area contributed by atoms with E-state index in [-0.39, 0.29) is 5.79 Å². The highest BCUT2D eigenvalue weighted by Gasteiger charge is 2.40. The van der Waals surface area contributed by atoms with Crippen LogP contribution in [0.2, 0.25) is 39.3 Å². The van der Waals surface area contributed by atoms with Crippen molar-refractivity contribution in [2.75, 3.05) is 5.79 Å². The van der Waals surface area contributed by atoms with Crippen molar-refractivity contribution in [3.8, 4) is 11.2 Å². The summed E-state index contributed by atoms with van der Waals surface area (Å²) in [6, 6.07) is 0. The number of halogens is 4. The first-order valence-corrected chi connectivity index (χ1v) is 18.3. The minimum Gasteiger partial charge on any atom is -0.183 e. The van der Waals surface area contributed by atoms with Crippen LogP contribution in [0.15, 0.2) is 13.5 Å². The van der Waals surface area contributed by atoms with E-state index in [1.54, 1.807) is 0 Å². The molecule has 0 fully saturated rings. The summed E-state index contributed by atoms with van der Waals surface area (Å²) in [5.74, 6) is -0.175. The zero-order chi connectivity index (χ0) is 16.7. The average Bonchev–Trinajstić information content (AvgIpc) is 2.04. The molecule has 1 aliphatic heterocycles. The fraction of sp³-hybridized carbons (Fsp3) is 0.778. The first-order chi connectivity index (χ1) is 9.04. The van der Waals surface area contributed by atoms with Crippen molar-refractivity contribution in [2.24, 2.45) is 13.5 Å². The van der Waals surface area contributed by atoms with E-state index in [4.69, 9.17) is 0 Å². The minimum atomic E-state index is -5.31. The van der Waals surface area contributed by atoms with Crippen LogP contribution in [0.25, 0.3) is 0 Å². The van der Waals surface area contributed by atoms with Gasteiger partial charge in [0.25, 0.3) is 0 Å². The van der Waals surface area contributed by atoms with Crippen LogP contribution in [0.1, 0.15) is 0 Å². The molecule has 1 heterocycles. The lowest BCUT2D eigenvalue weighted by Gasteiger charge is -2.23. The summed E-state index contributed by atoms with van der Waals surface area (Å²) < 4.78 is 65.7. The van der Waals surface area contributed by atoms with Gasteiger partial charge >= 0.3 is 15.3 Å². The van der Waals surface area contributed by atoms with Crippen LogP contribution in [-0.4, -0.2) is 21.9 Å². The molecule has 0 aromatic carbocycles. The molecule has 21 heavy (non-hydrogen) atoms. The summed E-state index contributed by atoms with van der Waals surface area (Å²) in [5.41, 5.74) is 4.80.